The van der Waals surface area contributed by atoms with Gasteiger partial charge in [0.25, 0.3) is 0 Å². The summed E-state index contributed by atoms with van der Waals surface area (Å²) in [6.45, 7) is 1.74. The highest BCUT2D eigenvalue weighted by molar-refractivity contribution is 5.77. The standard InChI is InChI=1S/C19H22F2N2O2/c1-23(12-13-25-18-8-6-17(21)7-9-18)14-19(24)22-11-10-15-2-4-16(20)5-3-15/h2-9H,10-14H2,1H3,(H,22,24). The molecule has 25 heavy (non-hydrogen) atoms. The SMILES string of the molecule is CN(CCOc1ccc(F)cc1)CC(=O)NCCc1ccc(F)cc1. The number of halogens is 2. The molecule has 0 heterocycles. The van der Waals surface area contributed by atoms with Gasteiger partial charge in [0.2, 0.25) is 5.91 Å². The summed E-state index contributed by atoms with van der Waals surface area (Å²) >= 11 is 0. The van der Waals surface area contributed by atoms with Gasteiger partial charge < -0.3 is 10.1 Å². The van der Waals surface area contributed by atoms with Crippen molar-refractivity contribution in [3.8, 4) is 5.75 Å². The number of amides is 1. The summed E-state index contributed by atoms with van der Waals surface area (Å²) in [4.78, 5) is 13.7. The maximum absolute atomic E-state index is 12.8. The predicted molar refractivity (Wildman–Crippen MR) is 92.5 cm³/mol. The highest BCUT2D eigenvalue weighted by atomic mass is 19.1. The maximum Gasteiger partial charge on any atom is 0.234 e. The number of likely N-dealkylation sites (N-methyl/N-ethyl adjacent to an activating group) is 1. The monoisotopic (exact) mass is 348 g/mol. The second-order valence-electron chi connectivity index (χ2n) is 5.77. The Morgan fingerprint density at radius 2 is 1.64 bits per heavy atom. The molecule has 4 nitrogen and oxygen atoms in total. The van der Waals surface area contributed by atoms with Gasteiger partial charge in [-0.1, -0.05) is 12.1 Å². The fourth-order valence-electron chi connectivity index (χ4n) is 2.23. The van der Waals surface area contributed by atoms with Crippen LogP contribution in [0.3, 0.4) is 0 Å². The van der Waals surface area contributed by atoms with Gasteiger partial charge in [0, 0.05) is 13.1 Å². The third kappa shape index (κ3) is 7.30. The van der Waals surface area contributed by atoms with E-state index in [9.17, 15) is 13.6 Å². The van der Waals surface area contributed by atoms with E-state index in [-0.39, 0.29) is 24.1 Å². The number of nitrogens with zero attached hydrogens (tertiary/aromatic N) is 1. The van der Waals surface area contributed by atoms with Crippen molar-refractivity contribution in [2.75, 3.05) is 33.3 Å². The van der Waals surface area contributed by atoms with Crippen molar-refractivity contribution in [1.82, 2.24) is 10.2 Å². The summed E-state index contributed by atoms with van der Waals surface area (Å²) < 4.78 is 31.1. The molecule has 2 aromatic carbocycles. The molecule has 2 aromatic rings. The summed E-state index contributed by atoms with van der Waals surface area (Å²) in [7, 11) is 1.83. The van der Waals surface area contributed by atoms with E-state index in [1.807, 2.05) is 11.9 Å². The average Bonchev–Trinajstić information content (AvgIpc) is 2.58. The van der Waals surface area contributed by atoms with Gasteiger partial charge in [-0.3, -0.25) is 9.69 Å². The van der Waals surface area contributed by atoms with Crippen LogP contribution in [0.4, 0.5) is 8.78 Å². The highest BCUT2D eigenvalue weighted by Gasteiger charge is 2.06. The van der Waals surface area contributed by atoms with E-state index in [0.29, 0.717) is 31.9 Å². The Morgan fingerprint density at radius 3 is 2.28 bits per heavy atom. The Balaban J connectivity index is 1.59. The molecule has 134 valence electrons. The van der Waals surface area contributed by atoms with Crippen molar-refractivity contribution >= 4 is 5.91 Å². The molecule has 0 spiro atoms. The van der Waals surface area contributed by atoms with Crippen molar-refractivity contribution in [2.45, 2.75) is 6.42 Å². The molecule has 2 rings (SSSR count). The lowest BCUT2D eigenvalue weighted by atomic mass is 10.1. The minimum atomic E-state index is -0.304. The molecule has 6 heteroatoms. The third-order valence-corrected chi connectivity index (χ3v) is 3.62. The van der Waals surface area contributed by atoms with Crippen molar-refractivity contribution < 1.29 is 18.3 Å². The normalized spacial score (nSPS) is 10.7. The van der Waals surface area contributed by atoms with Gasteiger partial charge >= 0.3 is 0 Å². The molecule has 0 saturated carbocycles. The Kier molecular flexibility index (Phi) is 7.35. The predicted octanol–water partition coefficient (Wildman–Crippen LogP) is 2.63. The first kappa shape index (κ1) is 18.9. The smallest absolute Gasteiger partial charge is 0.234 e. The number of hydrogen-bond donors (Lipinski definition) is 1. The molecule has 1 N–H and O–H groups in total. The topological polar surface area (TPSA) is 41.6 Å². The number of carbonyl (C=O) groups is 1. The molecular formula is C19H22F2N2O2. The van der Waals surface area contributed by atoms with Crippen molar-refractivity contribution in [1.29, 1.82) is 0 Å². The van der Waals surface area contributed by atoms with E-state index >= 15 is 0 Å². The van der Waals surface area contributed by atoms with Crippen LogP contribution in [0.2, 0.25) is 0 Å². The molecule has 1 amide bonds. The van der Waals surface area contributed by atoms with Crippen LogP contribution in [0, 0.1) is 11.6 Å². The van der Waals surface area contributed by atoms with Crippen LogP contribution < -0.4 is 10.1 Å². The number of ether oxygens (including phenoxy) is 1. The van der Waals surface area contributed by atoms with Crippen LogP contribution in [0.25, 0.3) is 0 Å². The van der Waals surface area contributed by atoms with Gasteiger partial charge in [-0.25, -0.2) is 8.78 Å². The van der Waals surface area contributed by atoms with Gasteiger partial charge in [0.05, 0.1) is 6.54 Å². The zero-order chi connectivity index (χ0) is 18.1. The maximum atomic E-state index is 12.8. The summed E-state index contributed by atoms with van der Waals surface area (Å²) in [5.41, 5.74) is 0.975. The second kappa shape index (κ2) is 9.74. The zero-order valence-corrected chi connectivity index (χ0v) is 14.2. The van der Waals surface area contributed by atoms with E-state index < -0.39 is 0 Å². The largest absolute Gasteiger partial charge is 0.492 e. The van der Waals surface area contributed by atoms with Gasteiger partial charge in [-0.15, -0.1) is 0 Å². The van der Waals surface area contributed by atoms with E-state index in [2.05, 4.69) is 5.32 Å². The molecule has 0 radical (unpaired) electrons. The van der Waals surface area contributed by atoms with Crippen LogP contribution in [0.15, 0.2) is 48.5 Å². The van der Waals surface area contributed by atoms with Crippen LogP contribution in [0.1, 0.15) is 5.56 Å². The second-order valence-corrected chi connectivity index (χ2v) is 5.77. The van der Waals surface area contributed by atoms with Crippen LogP contribution >= 0.6 is 0 Å². The molecule has 0 fully saturated rings. The summed E-state index contributed by atoms with van der Waals surface area (Å²) in [5.74, 6) is -0.0519. The Bertz CT molecular complexity index is 660. The third-order valence-electron chi connectivity index (χ3n) is 3.62. The Morgan fingerprint density at radius 1 is 1.04 bits per heavy atom. The summed E-state index contributed by atoms with van der Waals surface area (Å²) in [5, 5.41) is 2.83. The number of rotatable bonds is 9. The lowest BCUT2D eigenvalue weighted by molar-refractivity contribution is -0.121. The Hall–Kier alpha value is -2.47. The fourth-order valence-corrected chi connectivity index (χ4v) is 2.23. The molecular weight excluding hydrogens is 326 g/mol. The fraction of sp³-hybridized carbons (Fsp3) is 0.316. The minimum absolute atomic E-state index is 0.0774. The number of benzene rings is 2. The molecule has 0 bridgehead atoms. The van der Waals surface area contributed by atoms with E-state index in [4.69, 9.17) is 4.74 Å². The molecule has 0 aliphatic carbocycles. The van der Waals surface area contributed by atoms with Gasteiger partial charge in [-0.05, 0) is 55.4 Å². The van der Waals surface area contributed by atoms with Crippen molar-refractivity contribution in [3.63, 3.8) is 0 Å². The average molecular weight is 348 g/mol. The van der Waals surface area contributed by atoms with Crippen molar-refractivity contribution in [3.05, 3.63) is 65.7 Å². The van der Waals surface area contributed by atoms with Crippen LogP contribution in [-0.2, 0) is 11.2 Å². The summed E-state index contributed by atoms with van der Waals surface area (Å²) in [6, 6.07) is 12.1. The number of carbonyl (C=O) groups excluding carboxylic acids is 1. The minimum Gasteiger partial charge on any atom is -0.492 e. The van der Waals surface area contributed by atoms with Crippen molar-refractivity contribution in [2.24, 2.45) is 0 Å². The zero-order valence-electron chi connectivity index (χ0n) is 14.2. The van der Waals surface area contributed by atoms with Gasteiger partial charge in [0.15, 0.2) is 0 Å². The molecule has 0 aromatic heterocycles. The number of nitrogens with one attached hydrogen (secondary N) is 1. The lowest BCUT2D eigenvalue weighted by Gasteiger charge is -2.16. The van der Waals surface area contributed by atoms with E-state index in [0.717, 1.165) is 5.56 Å². The quantitative estimate of drug-likeness (QED) is 0.757. The summed E-state index contributed by atoms with van der Waals surface area (Å²) in [6.07, 6.45) is 0.656. The van der Waals surface area contributed by atoms with E-state index in [1.54, 1.807) is 24.3 Å². The highest BCUT2D eigenvalue weighted by Crippen LogP contribution is 2.10. The molecule has 0 aliphatic heterocycles. The van der Waals surface area contributed by atoms with Gasteiger partial charge in [0.1, 0.15) is 24.0 Å². The first-order valence-corrected chi connectivity index (χ1v) is 8.11. The van der Waals surface area contributed by atoms with Gasteiger partial charge in [-0.2, -0.15) is 0 Å². The number of hydrogen-bond acceptors (Lipinski definition) is 3. The Labute approximate surface area is 146 Å². The molecule has 0 aliphatic rings. The first-order chi connectivity index (χ1) is 12.0. The molecule has 0 atom stereocenters. The molecule has 0 saturated heterocycles. The molecule has 0 unspecified atom stereocenters. The lowest BCUT2D eigenvalue weighted by Crippen LogP contribution is -2.37. The van der Waals surface area contributed by atoms with Crippen LogP contribution in [0.5, 0.6) is 5.75 Å². The van der Waals surface area contributed by atoms with Crippen LogP contribution in [-0.4, -0.2) is 44.1 Å². The first-order valence-electron chi connectivity index (χ1n) is 8.11. The van der Waals surface area contributed by atoms with E-state index in [1.165, 1.54) is 24.3 Å².